The van der Waals surface area contributed by atoms with Crippen molar-refractivity contribution in [3.63, 3.8) is 0 Å². The number of rotatable bonds is 6. The van der Waals surface area contributed by atoms with Gasteiger partial charge in [0.15, 0.2) is 0 Å². The van der Waals surface area contributed by atoms with E-state index in [4.69, 9.17) is 0 Å². The number of hydrogen-bond acceptors (Lipinski definition) is 6. The lowest BCUT2D eigenvalue weighted by Crippen LogP contribution is -2.26. The summed E-state index contributed by atoms with van der Waals surface area (Å²) in [6.45, 7) is 3.95. The maximum Gasteiger partial charge on any atom is 0.295 e. The Balaban J connectivity index is 1.48. The summed E-state index contributed by atoms with van der Waals surface area (Å²) in [5.74, 6) is -0.189. The summed E-state index contributed by atoms with van der Waals surface area (Å²) in [4.78, 5) is 21.1. The van der Waals surface area contributed by atoms with Crippen LogP contribution in [0.3, 0.4) is 0 Å². The summed E-state index contributed by atoms with van der Waals surface area (Å²) in [6, 6.07) is 17.2. The minimum absolute atomic E-state index is 0.0227. The van der Waals surface area contributed by atoms with Crippen LogP contribution in [-0.4, -0.2) is 45.3 Å². The van der Waals surface area contributed by atoms with Gasteiger partial charge >= 0.3 is 0 Å². The molecule has 0 aliphatic rings. The maximum absolute atomic E-state index is 12.9. The van der Waals surface area contributed by atoms with Gasteiger partial charge in [0, 0.05) is 30.7 Å². The first-order valence-corrected chi connectivity index (χ1v) is 11.3. The van der Waals surface area contributed by atoms with Crippen LogP contribution < -0.4 is 5.32 Å². The minimum Gasteiger partial charge on any atom is -0.319 e. The Morgan fingerprint density at radius 2 is 1.72 bits per heavy atom. The van der Waals surface area contributed by atoms with Crippen LogP contribution in [0.1, 0.15) is 27.6 Å². The molecule has 4 aromatic rings. The van der Waals surface area contributed by atoms with Gasteiger partial charge in [0.1, 0.15) is 0 Å². The van der Waals surface area contributed by atoms with Gasteiger partial charge in [0.25, 0.3) is 11.7 Å². The van der Waals surface area contributed by atoms with Gasteiger partial charge in [-0.3, -0.25) is 4.79 Å². The van der Waals surface area contributed by atoms with E-state index in [0.717, 1.165) is 17.0 Å². The molecule has 0 bridgehead atoms. The summed E-state index contributed by atoms with van der Waals surface area (Å²) in [5.41, 5.74) is 2.92. The van der Waals surface area contributed by atoms with Crippen LogP contribution in [0.2, 0.25) is 0 Å². The lowest BCUT2D eigenvalue weighted by atomic mass is 10.2. The van der Waals surface area contributed by atoms with Crippen molar-refractivity contribution in [1.29, 1.82) is 0 Å². The Labute approximate surface area is 185 Å². The van der Waals surface area contributed by atoms with E-state index in [1.807, 2.05) is 50.2 Å². The second kappa shape index (κ2) is 8.48. The van der Waals surface area contributed by atoms with E-state index >= 15 is 0 Å². The number of aromatic nitrogens is 4. The van der Waals surface area contributed by atoms with Crippen molar-refractivity contribution in [1.82, 2.24) is 23.9 Å². The van der Waals surface area contributed by atoms with E-state index in [1.54, 1.807) is 0 Å². The van der Waals surface area contributed by atoms with Crippen molar-refractivity contribution in [3.8, 4) is 0 Å². The molecule has 4 rings (SSSR count). The van der Waals surface area contributed by atoms with Crippen molar-refractivity contribution in [2.24, 2.45) is 0 Å². The molecule has 0 saturated heterocycles. The van der Waals surface area contributed by atoms with Gasteiger partial charge in [-0.25, -0.2) is 17.9 Å². The van der Waals surface area contributed by atoms with Crippen LogP contribution in [-0.2, 0) is 16.6 Å². The van der Waals surface area contributed by atoms with Gasteiger partial charge in [0.2, 0.25) is 15.8 Å². The fourth-order valence-electron chi connectivity index (χ4n) is 3.27. The number of aryl methyl sites for hydroxylation is 2. The molecule has 0 unspecified atom stereocenters. The van der Waals surface area contributed by atoms with Crippen molar-refractivity contribution < 1.29 is 13.2 Å². The average molecular weight is 451 g/mol. The summed E-state index contributed by atoms with van der Waals surface area (Å²) in [6.07, 6.45) is 0. The third-order valence-corrected chi connectivity index (χ3v) is 6.71. The number of amides is 1. The van der Waals surface area contributed by atoms with Crippen LogP contribution in [0.5, 0.6) is 0 Å². The molecule has 0 aliphatic carbocycles. The molecule has 9 nitrogen and oxygen atoms in total. The fourth-order valence-corrected chi connectivity index (χ4v) is 4.42. The van der Waals surface area contributed by atoms with Gasteiger partial charge in [0.05, 0.1) is 4.90 Å². The zero-order valence-electron chi connectivity index (χ0n) is 17.8. The molecule has 1 N–H and O–H groups in total. The van der Waals surface area contributed by atoms with E-state index in [0.29, 0.717) is 11.5 Å². The normalized spacial score (nSPS) is 11.8. The Hall–Kier alpha value is -3.63. The second-order valence-corrected chi connectivity index (χ2v) is 9.46. The van der Waals surface area contributed by atoms with Crippen LogP contribution >= 0.6 is 0 Å². The van der Waals surface area contributed by atoms with Crippen LogP contribution in [0.15, 0.2) is 65.6 Å². The molecule has 0 saturated carbocycles. The highest BCUT2D eigenvalue weighted by Gasteiger charge is 2.21. The number of anilines is 1. The van der Waals surface area contributed by atoms with Gasteiger partial charge in [-0.2, -0.15) is 9.29 Å². The smallest absolute Gasteiger partial charge is 0.295 e. The topological polar surface area (TPSA) is 110 Å². The molecule has 0 aliphatic heterocycles. The molecular formula is C22H22N6O3S. The van der Waals surface area contributed by atoms with Gasteiger partial charge < -0.3 is 5.32 Å². The number of sulfonamides is 1. The van der Waals surface area contributed by atoms with E-state index in [2.05, 4.69) is 20.4 Å². The van der Waals surface area contributed by atoms with E-state index in [1.165, 1.54) is 40.1 Å². The standard InChI is InChI=1S/C22H22N6O3S/c1-15-13-16(2)28-22(23-15)25-20(26-28)21(29)24-18-9-11-19(12-10-18)32(30,31)27(3)14-17-7-5-4-6-8-17/h4-13H,14H2,1-3H3,(H,24,29). The van der Waals surface area contributed by atoms with E-state index < -0.39 is 15.9 Å². The van der Waals surface area contributed by atoms with Crippen molar-refractivity contribution in [3.05, 3.63) is 83.4 Å². The van der Waals surface area contributed by atoms with Crippen LogP contribution in [0.25, 0.3) is 5.78 Å². The Kier molecular flexibility index (Phi) is 5.72. The minimum atomic E-state index is -3.68. The van der Waals surface area contributed by atoms with Crippen LogP contribution in [0, 0.1) is 13.8 Å². The van der Waals surface area contributed by atoms with Gasteiger partial charge in [-0.15, -0.1) is 5.10 Å². The monoisotopic (exact) mass is 450 g/mol. The van der Waals surface area contributed by atoms with Gasteiger partial charge in [-0.1, -0.05) is 30.3 Å². The lowest BCUT2D eigenvalue weighted by molar-refractivity contribution is 0.101. The SMILES string of the molecule is Cc1cc(C)n2nc(C(=O)Nc3ccc(S(=O)(=O)N(C)Cc4ccccc4)cc3)nc2n1. The molecule has 1 amide bonds. The molecule has 0 fully saturated rings. The van der Waals surface area contributed by atoms with Crippen molar-refractivity contribution in [2.45, 2.75) is 25.3 Å². The van der Waals surface area contributed by atoms with E-state index in [9.17, 15) is 13.2 Å². The maximum atomic E-state index is 12.9. The number of nitrogens with zero attached hydrogens (tertiary/aromatic N) is 5. The highest BCUT2D eigenvalue weighted by Crippen LogP contribution is 2.19. The zero-order chi connectivity index (χ0) is 22.9. The first-order valence-electron chi connectivity index (χ1n) is 9.87. The second-order valence-electron chi connectivity index (χ2n) is 7.41. The molecular weight excluding hydrogens is 428 g/mol. The molecule has 2 aromatic heterocycles. The van der Waals surface area contributed by atoms with Crippen molar-refractivity contribution >= 4 is 27.4 Å². The summed E-state index contributed by atoms with van der Waals surface area (Å²) in [5, 5.41) is 6.89. The predicted molar refractivity (Wildman–Crippen MR) is 120 cm³/mol. The van der Waals surface area contributed by atoms with E-state index in [-0.39, 0.29) is 17.3 Å². The molecule has 0 spiro atoms. The molecule has 10 heteroatoms. The number of benzene rings is 2. The number of nitrogens with one attached hydrogen (secondary N) is 1. The third-order valence-electron chi connectivity index (χ3n) is 4.89. The number of hydrogen-bond donors (Lipinski definition) is 1. The first-order chi connectivity index (χ1) is 15.2. The lowest BCUT2D eigenvalue weighted by Gasteiger charge is -2.17. The summed E-state index contributed by atoms with van der Waals surface area (Å²) >= 11 is 0. The molecule has 32 heavy (non-hydrogen) atoms. The highest BCUT2D eigenvalue weighted by atomic mass is 32.2. The fraction of sp³-hybridized carbons (Fsp3) is 0.182. The molecule has 2 aromatic carbocycles. The molecule has 0 radical (unpaired) electrons. The summed E-state index contributed by atoms with van der Waals surface area (Å²) < 4.78 is 28.5. The third kappa shape index (κ3) is 4.36. The number of carbonyl (C=O) groups is 1. The zero-order valence-corrected chi connectivity index (χ0v) is 18.7. The van der Waals surface area contributed by atoms with Crippen molar-refractivity contribution in [2.75, 3.05) is 12.4 Å². The Morgan fingerprint density at radius 3 is 2.41 bits per heavy atom. The molecule has 0 atom stereocenters. The van der Waals surface area contributed by atoms with Crippen LogP contribution in [0.4, 0.5) is 5.69 Å². The first kappa shape index (κ1) is 21.6. The number of carbonyl (C=O) groups excluding carboxylic acids is 1. The highest BCUT2D eigenvalue weighted by molar-refractivity contribution is 7.89. The quantitative estimate of drug-likeness (QED) is 0.484. The molecule has 2 heterocycles. The number of fused-ring (bicyclic) bond motifs is 1. The largest absolute Gasteiger partial charge is 0.319 e. The van der Waals surface area contributed by atoms with Gasteiger partial charge in [-0.05, 0) is 49.7 Å². The Bertz CT molecular complexity index is 1380. The average Bonchev–Trinajstić information content (AvgIpc) is 3.19. The predicted octanol–water partition coefficient (Wildman–Crippen LogP) is 2.81. The molecule has 164 valence electrons. The summed E-state index contributed by atoms with van der Waals surface area (Å²) in [7, 11) is -2.14. The Morgan fingerprint density at radius 1 is 1.03 bits per heavy atom.